The minimum absolute atomic E-state index is 0.700. The van der Waals surface area contributed by atoms with Gasteiger partial charge in [0.05, 0.1) is 6.20 Å². The Labute approximate surface area is 119 Å². The number of piperidine rings is 1. The van der Waals surface area contributed by atoms with E-state index in [1.807, 2.05) is 16.8 Å². The lowest BCUT2D eigenvalue weighted by Gasteiger charge is -2.33. The first-order valence-corrected chi connectivity index (χ1v) is 7.67. The fraction of sp³-hybridized carbons (Fsp3) is 0.600. The predicted octanol–water partition coefficient (Wildman–Crippen LogP) is 1.70. The summed E-state index contributed by atoms with van der Waals surface area (Å²) in [6.45, 7) is 3.42. The molecule has 0 spiro atoms. The minimum Gasteiger partial charge on any atom is -0.356 e. The molecule has 1 N–H and O–H groups in total. The molecule has 0 atom stereocenters. The second-order valence-electron chi connectivity index (χ2n) is 6.03. The summed E-state index contributed by atoms with van der Waals surface area (Å²) in [6.07, 6.45) is 9.09. The van der Waals surface area contributed by atoms with Crippen molar-refractivity contribution in [2.24, 2.45) is 5.92 Å². The fourth-order valence-corrected chi connectivity index (χ4v) is 2.95. The number of hydrogen-bond donors (Lipinski definition) is 1. The normalized spacial score (nSPS) is 20.7. The van der Waals surface area contributed by atoms with Gasteiger partial charge in [-0.3, -0.25) is 0 Å². The van der Waals surface area contributed by atoms with Crippen molar-refractivity contribution in [3.8, 4) is 0 Å². The van der Waals surface area contributed by atoms with Crippen molar-refractivity contribution in [1.29, 1.82) is 0 Å². The Morgan fingerprint density at radius 1 is 1.15 bits per heavy atom. The predicted molar refractivity (Wildman–Crippen MR) is 78.9 cm³/mol. The van der Waals surface area contributed by atoms with Crippen molar-refractivity contribution in [2.75, 3.05) is 24.5 Å². The summed E-state index contributed by atoms with van der Waals surface area (Å²) in [6, 6.07) is 4.72. The van der Waals surface area contributed by atoms with Crippen molar-refractivity contribution < 1.29 is 0 Å². The number of anilines is 1. The molecule has 0 amide bonds. The Balaban J connectivity index is 1.37. The zero-order chi connectivity index (χ0) is 13.4. The number of fused-ring (bicyclic) bond motifs is 1. The summed E-state index contributed by atoms with van der Waals surface area (Å²) in [4.78, 5) is 7.07. The van der Waals surface area contributed by atoms with E-state index in [1.54, 1.807) is 6.20 Å². The molecule has 2 aromatic rings. The molecule has 20 heavy (non-hydrogen) atoms. The van der Waals surface area contributed by atoms with Crippen LogP contribution in [0.2, 0.25) is 0 Å². The molecule has 1 aliphatic carbocycles. The minimum atomic E-state index is 0.700. The standard InChI is InChI=1S/C15H21N5/c1-2-12(1)11-16-13-4-8-19(9-5-13)14-6-10-20-15(18-14)3-7-17-20/h3,6-7,10,12-13,16H,1-2,4-5,8-9,11H2. The third-order valence-corrected chi connectivity index (χ3v) is 4.45. The van der Waals surface area contributed by atoms with E-state index in [4.69, 9.17) is 0 Å². The van der Waals surface area contributed by atoms with Crippen LogP contribution in [-0.4, -0.2) is 40.3 Å². The van der Waals surface area contributed by atoms with Gasteiger partial charge in [0.25, 0.3) is 0 Å². The fourth-order valence-electron chi connectivity index (χ4n) is 2.95. The Bertz CT molecular complexity index is 581. The molecule has 0 unspecified atom stereocenters. The van der Waals surface area contributed by atoms with Gasteiger partial charge in [-0.2, -0.15) is 5.10 Å². The van der Waals surface area contributed by atoms with Crippen molar-refractivity contribution in [3.63, 3.8) is 0 Å². The number of rotatable bonds is 4. The van der Waals surface area contributed by atoms with Gasteiger partial charge < -0.3 is 10.2 Å². The molecule has 3 heterocycles. The monoisotopic (exact) mass is 271 g/mol. The molecule has 5 nitrogen and oxygen atoms in total. The van der Waals surface area contributed by atoms with E-state index in [2.05, 4.69) is 26.4 Å². The van der Waals surface area contributed by atoms with Crippen LogP contribution in [0.4, 0.5) is 5.82 Å². The van der Waals surface area contributed by atoms with E-state index in [-0.39, 0.29) is 0 Å². The average Bonchev–Trinajstić information content (AvgIpc) is 3.21. The van der Waals surface area contributed by atoms with Crippen LogP contribution in [0.25, 0.3) is 5.65 Å². The smallest absolute Gasteiger partial charge is 0.157 e. The highest BCUT2D eigenvalue weighted by Gasteiger charge is 2.24. The van der Waals surface area contributed by atoms with Crippen LogP contribution in [0.3, 0.4) is 0 Å². The third kappa shape index (κ3) is 2.50. The quantitative estimate of drug-likeness (QED) is 0.919. The van der Waals surface area contributed by atoms with Crippen molar-refractivity contribution in [1.82, 2.24) is 19.9 Å². The van der Waals surface area contributed by atoms with Gasteiger partial charge in [-0.15, -0.1) is 0 Å². The molecule has 106 valence electrons. The second kappa shape index (κ2) is 5.05. The van der Waals surface area contributed by atoms with Crippen LogP contribution in [0.15, 0.2) is 24.5 Å². The molecular formula is C15H21N5. The van der Waals surface area contributed by atoms with E-state index in [1.165, 1.54) is 32.2 Å². The van der Waals surface area contributed by atoms with Gasteiger partial charge in [0, 0.05) is 31.4 Å². The van der Waals surface area contributed by atoms with Crippen LogP contribution in [0.1, 0.15) is 25.7 Å². The summed E-state index contributed by atoms with van der Waals surface area (Å²) in [5, 5.41) is 7.91. The number of nitrogens with zero attached hydrogens (tertiary/aromatic N) is 4. The maximum absolute atomic E-state index is 4.67. The zero-order valence-corrected chi connectivity index (χ0v) is 11.7. The van der Waals surface area contributed by atoms with Crippen LogP contribution in [-0.2, 0) is 0 Å². The first-order valence-electron chi connectivity index (χ1n) is 7.67. The maximum Gasteiger partial charge on any atom is 0.157 e. The molecule has 1 saturated heterocycles. The van der Waals surface area contributed by atoms with E-state index in [0.717, 1.165) is 30.5 Å². The summed E-state index contributed by atoms with van der Waals surface area (Å²) >= 11 is 0. The molecule has 0 bridgehead atoms. The summed E-state index contributed by atoms with van der Waals surface area (Å²) < 4.78 is 1.81. The van der Waals surface area contributed by atoms with Crippen molar-refractivity contribution in [3.05, 3.63) is 24.5 Å². The molecule has 5 heteroatoms. The highest BCUT2D eigenvalue weighted by Crippen LogP contribution is 2.28. The lowest BCUT2D eigenvalue weighted by atomic mass is 10.0. The molecule has 2 aromatic heterocycles. The number of nitrogens with one attached hydrogen (secondary N) is 1. The van der Waals surface area contributed by atoms with Gasteiger partial charge in [-0.05, 0) is 44.2 Å². The zero-order valence-electron chi connectivity index (χ0n) is 11.7. The largest absolute Gasteiger partial charge is 0.356 e. The molecule has 1 saturated carbocycles. The Morgan fingerprint density at radius 2 is 2.00 bits per heavy atom. The molecule has 1 aliphatic heterocycles. The third-order valence-electron chi connectivity index (χ3n) is 4.45. The average molecular weight is 271 g/mol. The first kappa shape index (κ1) is 12.1. The van der Waals surface area contributed by atoms with Gasteiger partial charge in [0.1, 0.15) is 5.82 Å². The summed E-state index contributed by atoms with van der Waals surface area (Å²) in [5.41, 5.74) is 0.927. The SMILES string of the molecule is c1cc2nc(N3CCC(NCC4CC4)CC3)ccn2n1. The van der Waals surface area contributed by atoms with Crippen LogP contribution in [0, 0.1) is 5.92 Å². The second-order valence-corrected chi connectivity index (χ2v) is 6.03. The molecule has 2 aliphatic rings. The lowest BCUT2D eigenvalue weighted by molar-refractivity contribution is 0.407. The Kier molecular flexibility index (Phi) is 3.07. The molecule has 4 rings (SSSR count). The molecular weight excluding hydrogens is 250 g/mol. The van der Waals surface area contributed by atoms with E-state index < -0.39 is 0 Å². The van der Waals surface area contributed by atoms with Crippen LogP contribution < -0.4 is 10.2 Å². The maximum atomic E-state index is 4.67. The highest BCUT2D eigenvalue weighted by molar-refractivity contribution is 5.47. The van der Waals surface area contributed by atoms with E-state index in [0.29, 0.717) is 6.04 Å². The van der Waals surface area contributed by atoms with Crippen LogP contribution in [0.5, 0.6) is 0 Å². The first-order chi connectivity index (χ1) is 9.88. The van der Waals surface area contributed by atoms with Gasteiger partial charge in [0.2, 0.25) is 0 Å². The van der Waals surface area contributed by atoms with Gasteiger partial charge in [0.15, 0.2) is 5.65 Å². The van der Waals surface area contributed by atoms with Gasteiger partial charge in [-0.1, -0.05) is 0 Å². The topological polar surface area (TPSA) is 45.5 Å². The van der Waals surface area contributed by atoms with Crippen molar-refractivity contribution in [2.45, 2.75) is 31.7 Å². The van der Waals surface area contributed by atoms with E-state index >= 15 is 0 Å². The number of aromatic nitrogens is 3. The van der Waals surface area contributed by atoms with Crippen LogP contribution >= 0.6 is 0 Å². The van der Waals surface area contributed by atoms with E-state index in [9.17, 15) is 0 Å². The molecule has 0 aromatic carbocycles. The Morgan fingerprint density at radius 3 is 2.80 bits per heavy atom. The van der Waals surface area contributed by atoms with Crippen molar-refractivity contribution >= 4 is 11.5 Å². The highest BCUT2D eigenvalue weighted by atomic mass is 15.3. The van der Waals surface area contributed by atoms with Gasteiger partial charge in [-0.25, -0.2) is 9.50 Å². The summed E-state index contributed by atoms with van der Waals surface area (Å²) in [7, 11) is 0. The molecule has 0 radical (unpaired) electrons. The molecule has 2 fully saturated rings. The number of hydrogen-bond acceptors (Lipinski definition) is 4. The lowest BCUT2D eigenvalue weighted by Crippen LogP contribution is -2.43. The Hall–Kier alpha value is -1.62. The van der Waals surface area contributed by atoms with Gasteiger partial charge >= 0.3 is 0 Å². The summed E-state index contributed by atoms with van der Waals surface area (Å²) in [5.74, 6) is 2.05.